The van der Waals surface area contributed by atoms with Crippen LogP contribution in [-0.2, 0) is 14.3 Å². The summed E-state index contributed by atoms with van der Waals surface area (Å²) in [6, 6.07) is 16.3. The van der Waals surface area contributed by atoms with Crippen molar-refractivity contribution < 1.29 is 24.2 Å². The van der Waals surface area contributed by atoms with Gasteiger partial charge >= 0.3 is 12.1 Å². The number of nitrogens with one attached hydrogen (secondary N) is 2. The molecule has 2 aromatic carbocycles. The Kier molecular flexibility index (Phi) is 7.27. The summed E-state index contributed by atoms with van der Waals surface area (Å²) >= 11 is 0. The molecular formula is C26H30N2O5. The Balaban J connectivity index is 1.27. The number of hydrogen-bond acceptors (Lipinski definition) is 4. The van der Waals surface area contributed by atoms with Gasteiger partial charge in [0.15, 0.2) is 0 Å². The molecule has 0 bridgehead atoms. The topological polar surface area (TPSA) is 105 Å². The molecule has 174 valence electrons. The Morgan fingerprint density at radius 3 is 2.30 bits per heavy atom. The third-order valence-electron chi connectivity index (χ3n) is 6.58. The summed E-state index contributed by atoms with van der Waals surface area (Å²) in [6.45, 7) is 0.617. The summed E-state index contributed by atoms with van der Waals surface area (Å²) in [7, 11) is 0. The van der Waals surface area contributed by atoms with Gasteiger partial charge in [-0.1, -0.05) is 55.0 Å². The van der Waals surface area contributed by atoms with Crippen LogP contribution in [0.25, 0.3) is 11.1 Å². The van der Waals surface area contributed by atoms with E-state index in [2.05, 4.69) is 34.9 Å². The lowest BCUT2D eigenvalue weighted by molar-refractivity contribution is -0.137. The van der Waals surface area contributed by atoms with E-state index in [0.717, 1.165) is 19.3 Å². The van der Waals surface area contributed by atoms with E-state index in [1.165, 1.54) is 22.3 Å². The van der Waals surface area contributed by atoms with Gasteiger partial charge in [-0.15, -0.1) is 0 Å². The first kappa shape index (κ1) is 22.8. The number of benzene rings is 2. The lowest BCUT2D eigenvalue weighted by atomic mass is 9.85. The van der Waals surface area contributed by atoms with Crippen LogP contribution in [0.1, 0.15) is 55.6 Å². The van der Waals surface area contributed by atoms with Crippen molar-refractivity contribution >= 4 is 18.0 Å². The van der Waals surface area contributed by atoms with E-state index in [1.807, 2.05) is 24.3 Å². The van der Waals surface area contributed by atoms with Crippen molar-refractivity contribution in [2.75, 3.05) is 13.2 Å². The zero-order chi connectivity index (χ0) is 23.2. The number of ether oxygens (including phenoxy) is 1. The first-order chi connectivity index (χ1) is 16.0. The molecule has 0 saturated heterocycles. The van der Waals surface area contributed by atoms with Crippen molar-refractivity contribution in [1.29, 1.82) is 0 Å². The Hall–Kier alpha value is -3.35. The highest BCUT2D eigenvalue weighted by Crippen LogP contribution is 2.44. The van der Waals surface area contributed by atoms with E-state index in [0.29, 0.717) is 19.4 Å². The second kappa shape index (κ2) is 10.5. The fourth-order valence-electron chi connectivity index (χ4n) is 4.96. The maximum absolute atomic E-state index is 12.6. The van der Waals surface area contributed by atoms with Gasteiger partial charge in [0.1, 0.15) is 6.61 Å². The number of carboxylic acid groups (broad SMARTS) is 1. The molecule has 0 aliphatic heterocycles. The molecule has 3 N–H and O–H groups in total. The number of carbonyl (C=O) groups excluding carboxylic acids is 2. The Labute approximate surface area is 193 Å². The molecule has 1 saturated carbocycles. The Morgan fingerprint density at radius 1 is 0.970 bits per heavy atom. The normalized spacial score (nSPS) is 19.3. The number of carbonyl (C=O) groups is 3. The van der Waals surface area contributed by atoms with Crippen molar-refractivity contribution in [3.05, 3.63) is 59.7 Å². The monoisotopic (exact) mass is 450 g/mol. The van der Waals surface area contributed by atoms with Crippen molar-refractivity contribution in [3.63, 3.8) is 0 Å². The van der Waals surface area contributed by atoms with Crippen LogP contribution in [0.15, 0.2) is 48.5 Å². The number of hydrogen-bond donors (Lipinski definition) is 3. The van der Waals surface area contributed by atoms with Crippen LogP contribution in [0.3, 0.4) is 0 Å². The molecule has 1 fully saturated rings. The van der Waals surface area contributed by atoms with Crippen LogP contribution in [-0.4, -0.2) is 42.3 Å². The van der Waals surface area contributed by atoms with Gasteiger partial charge in [0, 0.05) is 30.8 Å². The fraction of sp³-hybridized carbons (Fsp3) is 0.423. The lowest BCUT2D eigenvalue weighted by Crippen LogP contribution is -2.43. The van der Waals surface area contributed by atoms with E-state index in [1.54, 1.807) is 0 Å². The quantitative estimate of drug-likeness (QED) is 0.526. The van der Waals surface area contributed by atoms with Crippen molar-refractivity contribution in [3.8, 4) is 11.1 Å². The molecule has 2 amide bonds. The van der Waals surface area contributed by atoms with Crippen LogP contribution in [0.4, 0.5) is 4.79 Å². The van der Waals surface area contributed by atoms with Crippen LogP contribution < -0.4 is 10.6 Å². The van der Waals surface area contributed by atoms with Crippen molar-refractivity contribution in [2.24, 2.45) is 5.92 Å². The number of rotatable bonds is 8. The number of fused-ring (bicyclic) bond motifs is 3. The summed E-state index contributed by atoms with van der Waals surface area (Å²) in [5, 5.41) is 14.4. The summed E-state index contributed by atoms with van der Waals surface area (Å²) < 4.78 is 5.63. The minimum Gasteiger partial charge on any atom is -0.481 e. The van der Waals surface area contributed by atoms with Gasteiger partial charge in [-0.3, -0.25) is 9.59 Å². The minimum absolute atomic E-state index is 0.0128. The second-order valence-corrected chi connectivity index (χ2v) is 8.82. The number of amides is 2. The molecule has 7 heteroatoms. The van der Waals surface area contributed by atoms with Crippen LogP contribution in [0, 0.1) is 5.92 Å². The highest BCUT2D eigenvalue weighted by molar-refractivity contribution is 5.80. The lowest BCUT2D eigenvalue weighted by Gasteiger charge is -2.29. The molecule has 7 nitrogen and oxygen atoms in total. The van der Waals surface area contributed by atoms with Gasteiger partial charge in [-0.2, -0.15) is 0 Å². The smallest absolute Gasteiger partial charge is 0.407 e. The molecule has 0 unspecified atom stereocenters. The van der Waals surface area contributed by atoms with E-state index < -0.39 is 12.1 Å². The predicted molar refractivity (Wildman–Crippen MR) is 124 cm³/mol. The molecule has 0 aromatic heterocycles. The molecule has 2 aliphatic rings. The Morgan fingerprint density at radius 2 is 1.64 bits per heavy atom. The maximum Gasteiger partial charge on any atom is 0.407 e. The number of carboxylic acids is 1. The highest BCUT2D eigenvalue weighted by atomic mass is 16.5. The summed E-state index contributed by atoms with van der Waals surface area (Å²) in [4.78, 5) is 35.5. The van der Waals surface area contributed by atoms with Gasteiger partial charge in [-0.25, -0.2) is 4.79 Å². The molecule has 0 heterocycles. The largest absolute Gasteiger partial charge is 0.481 e. The molecule has 2 atom stereocenters. The van der Waals surface area contributed by atoms with Crippen LogP contribution >= 0.6 is 0 Å². The second-order valence-electron chi connectivity index (χ2n) is 8.82. The van der Waals surface area contributed by atoms with E-state index >= 15 is 0 Å². The maximum atomic E-state index is 12.6. The number of alkyl carbamates (subject to hydrolysis) is 1. The molecule has 0 radical (unpaired) electrons. The van der Waals surface area contributed by atoms with E-state index in [-0.39, 0.29) is 36.8 Å². The zero-order valence-electron chi connectivity index (χ0n) is 18.6. The average molecular weight is 451 g/mol. The third kappa shape index (κ3) is 5.53. The van der Waals surface area contributed by atoms with Crippen LogP contribution in [0.2, 0.25) is 0 Å². The number of aliphatic carboxylic acids is 1. The first-order valence-corrected chi connectivity index (χ1v) is 11.6. The van der Waals surface area contributed by atoms with Gasteiger partial charge < -0.3 is 20.5 Å². The predicted octanol–water partition coefficient (Wildman–Crippen LogP) is 4.06. The van der Waals surface area contributed by atoms with Gasteiger partial charge in [0.25, 0.3) is 0 Å². The van der Waals surface area contributed by atoms with Crippen molar-refractivity contribution in [1.82, 2.24) is 10.6 Å². The molecular weight excluding hydrogens is 420 g/mol. The van der Waals surface area contributed by atoms with Gasteiger partial charge in [0.2, 0.25) is 5.91 Å². The SMILES string of the molecule is O=C(O)CCCNC(=O)[C@@H]1CCC[C@H](NC(=O)OCC2c3ccccc3-c3ccccc32)C1. The van der Waals surface area contributed by atoms with E-state index in [4.69, 9.17) is 9.84 Å². The Bertz CT molecular complexity index is 976. The highest BCUT2D eigenvalue weighted by Gasteiger charge is 2.31. The van der Waals surface area contributed by atoms with Gasteiger partial charge in [-0.05, 0) is 47.9 Å². The van der Waals surface area contributed by atoms with Crippen LogP contribution in [0.5, 0.6) is 0 Å². The molecule has 0 spiro atoms. The van der Waals surface area contributed by atoms with E-state index in [9.17, 15) is 14.4 Å². The molecule has 2 aliphatic carbocycles. The summed E-state index contributed by atoms with van der Waals surface area (Å²) in [6.07, 6.45) is 2.99. The zero-order valence-corrected chi connectivity index (χ0v) is 18.6. The molecule has 2 aromatic rings. The first-order valence-electron chi connectivity index (χ1n) is 11.6. The van der Waals surface area contributed by atoms with Crippen molar-refractivity contribution in [2.45, 2.75) is 50.5 Å². The van der Waals surface area contributed by atoms with Gasteiger partial charge in [0.05, 0.1) is 0 Å². The standard InChI is InChI=1S/C26H30N2O5/c29-24(30)13-6-14-27-25(31)17-7-5-8-18(15-17)28-26(32)33-16-23-21-11-3-1-9-19(21)20-10-2-4-12-22(20)23/h1-4,9-12,17-18,23H,5-8,13-16H2,(H,27,31)(H,28,32)(H,29,30)/t17-,18+/m1/s1. The summed E-state index contributed by atoms with van der Waals surface area (Å²) in [5.41, 5.74) is 4.71. The fourth-order valence-corrected chi connectivity index (χ4v) is 4.96. The molecule has 33 heavy (non-hydrogen) atoms. The average Bonchev–Trinajstić information content (AvgIpc) is 3.14. The minimum atomic E-state index is -0.866. The summed E-state index contributed by atoms with van der Waals surface area (Å²) in [5.74, 6) is -1.10. The molecule has 4 rings (SSSR count). The third-order valence-corrected chi connectivity index (χ3v) is 6.58.